The molecule has 38 heavy (non-hydrogen) atoms. The third-order valence-electron chi connectivity index (χ3n) is 5.21. The van der Waals surface area contributed by atoms with Crippen molar-refractivity contribution in [3.8, 4) is 11.5 Å². The van der Waals surface area contributed by atoms with Gasteiger partial charge in [-0.25, -0.2) is 20.0 Å². The second-order valence-electron chi connectivity index (χ2n) is 8.14. The molecule has 0 bridgehead atoms. The van der Waals surface area contributed by atoms with Crippen LogP contribution < -0.4 is 21.4 Å². The van der Waals surface area contributed by atoms with Gasteiger partial charge in [0.15, 0.2) is 16.4 Å². The summed E-state index contributed by atoms with van der Waals surface area (Å²) in [4.78, 5) is 42.1. The van der Waals surface area contributed by atoms with Crippen LogP contribution in [0.3, 0.4) is 0 Å². The van der Waals surface area contributed by atoms with Gasteiger partial charge in [0.05, 0.1) is 19.8 Å². The first kappa shape index (κ1) is 31.5. The highest BCUT2D eigenvalue weighted by Crippen LogP contribution is 2.40. The Morgan fingerprint density at radius 2 is 1.47 bits per heavy atom. The van der Waals surface area contributed by atoms with Crippen molar-refractivity contribution in [3.05, 3.63) is 17.0 Å². The molecule has 0 aliphatic rings. The number of thiazole rings is 1. The van der Waals surface area contributed by atoms with Crippen molar-refractivity contribution in [2.45, 2.75) is 72.4 Å². The van der Waals surface area contributed by atoms with E-state index in [1.807, 2.05) is 13.8 Å². The maximum Gasteiger partial charge on any atom is 0.350 e. The van der Waals surface area contributed by atoms with Gasteiger partial charge in [-0.2, -0.15) is 0 Å². The number of furan rings is 1. The number of anilines is 1. The fraction of sp³-hybridized carbons (Fsp3) is 0.583. The predicted octanol–water partition coefficient (Wildman–Crippen LogP) is 3.62. The summed E-state index contributed by atoms with van der Waals surface area (Å²) in [6, 6.07) is 1.03. The average molecular weight is 573 g/mol. The molecule has 2 aromatic rings. The number of rotatable bonds is 16. The molecule has 212 valence electrons. The van der Waals surface area contributed by atoms with E-state index in [4.69, 9.17) is 24.4 Å². The van der Waals surface area contributed by atoms with Crippen LogP contribution in [0.1, 0.15) is 70.0 Å². The fourth-order valence-corrected chi connectivity index (χ4v) is 6.52. The summed E-state index contributed by atoms with van der Waals surface area (Å²) in [6.07, 6.45) is 1.84. The Labute approximate surface area is 226 Å². The molecule has 0 aliphatic carbocycles. The van der Waals surface area contributed by atoms with Crippen LogP contribution in [0.25, 0.3) is 11.5 Å². The third kappa shape index (κ3) is 8.13. The lowest BCUT2D eigenvalue weighted by Gasteiger charge is -2.27. The number of esters is 3. The van der Waals surface area contributed by atoms with Crippen molar-refractivity contribution < 1.29 is 37.6 Å². The smallest absolute Gasteiger partial charge is 0.350 e. The molecule has 2 atom stereocenters. The minimum Gasteiger partial charge on any atom is -0.465 e. The second-order valence-corrected chi connectivity index (χ2v) is 11.3. The molecule has 2 aromatic heterocycles. The zero-order valence-corrected chi connectivity index (χ0v) is 24.1. The van der Waals surface area contributed by atoms with Crippen molar-refractivity contribution in [3.63, 3.8) is 0 Å². The number of nitrogens with one attached hydrogen (secondary N) is 2. The lowest BCUT2D eigenvalue weighted by molar-refractivity contribution is -0.145. The Hall–Kier alpha value is -2.73. The molecule has 0 unspecified atom stereocenters. The summed E-state index contributed by atoms with van der Waals surface area (Å²) in [5.74, 6) is -1.66. The molecular weight excluding hydrogens is 535 g/mol. The molecule has 2 rings (SSSR count). The van der Waals surface area contributed by atoms with E-state index in [0.717, 1.165) is 11.3 Å². The van der Waals surface area contributed by atoms with Gasteiger partial charge in [-0.1, -0.05) is 38.0 Å². The van der Waals surface area contributed by atoms with Crippen LogP contribution in [0.15, 0.2) is 16.5 Å². The van der Waals surface area contributed by atoms with E-state index in [9.17, 15) is 18.9 Å². The molecule has 0 aliphatic heterocycles. The molecule has 0 saturated heterocycles. The standard InChI is InChI=1S/C24H37N4O8PS/c1-6-11-15(21(29)33-8-3)27-37(32,28-16(12-7-2)22(30)34-9-4)18-14-13-17(36-18)19-20(23(31)35-10-5)38-24(25)26-19/h13-16H,6-12H2,1-5H3,(H2,25,26)(H2,27,28,32)/t15-,16-/m0/s1. The van der Waals surface area contributed by atoms with Gasteiger partial charge >= 0.3 is 17.9 Å². The number of nitrogens with zero attached hydrogens (tertiary/aromatic N) is 1. The first-order valence-electron chi connectivity index (χ1n) is 12.7. The fourth-order valence-electron chi connectivity index (χ4n) is 3.60. The van der Waals surface area contributed by atoms with Crippen molar-refractivity contribution >= 4 is 47.3 Å². The zero-order chi connectivity index (χ0) is 28.3. The van der Waals surface area contributed by atoms with Crippen LogP contribution in [0, 0.1) is 0 Å². The van der Waals surface area contributed by atoms with Crippen LogP contribution >= 0.6 is 18.8 Å². The van der Waals surface area contributed by atoms with Crippen LogP contribution in [0.5, 0.6) is 0 Å². The molecule has 14 heteroatoms. The predicted molar refractivity (Wildman–Crippen MR) is 144 cm³/mol. The highest BCUT2D eigenvalue weighted by Gasteiger charge is 2.39. The summed E-state index contributed by atoms with van der Waals surface area (Å²) >= 11 is 0.937. The molecule has 0 aromatic carbocycles. The van der Waals surface area contributed by atoms with Crippen LogP contribution in [-0.2, 0) is 28.4 Å². The van der Waals surface area contributed by atoms with Gasteiger partial charge in [0.1, 0.15) is 22.7 Å². The monoisotopic (exact) mass is 572 g/mol. The Morgan fingerprint density at radius 3 is 1.95 bits per heavy atom. The topological polar surface area (TPSA) is 172 Å². The summed E-state index contributed by atoms with van der Waals surface area (Å²) in [6.45, 7) is 9.22. The lowest BCUT2D eigenvalue weighted by atomic mass is 10.2. The number of aromatic nitrogens is 1. The third-order valence-corrected chi connectivity index (χ3v) is 8.29. The van der Waals surface area contributed by atoms with Gasteiger partial charge < -0.3 is 24.4 Å². The van der Waals surface area contributed by atoms with E-state index < -0.39 is 37.4 Å². The molecule has 0 saturated carbocycles. The Balaban J connectivity index is 2.56. The van der Waals surface area contributed by atoms with E-state index in [1.165, 1.54) is 12.1 Å². The molecule has 0 amide bonds. The lowest BCUT2D eigenvalue weighted by Crippen LogP contribution is -2.46. The number of carbonyl (C=O) groups excluding carboxylic acids is 3. The normalized spacial score (nSPS) is 13.1. The van der Waals surface area contributed by atoms with E-state index in [0.29, 0.717) is 25.7 Å². The van der Waals surface area contributed by atoms with Crippen LogP contribution in [0.2, 0.25) is 0 Å². The quantitative estimate of drug-likeness (QED) is 0.152. The Morgan fingerprint density at radius 1 is 0.947 bits per heavy atom. The van der Waals surface area contributed by atoms with Crippen molar-refractivity contribution in [1.29, 1.82) is 0 Å². The van der Waals surface area contributed by atoms with E-state index in [1.54, 1.807) is 20.8 Å². The number of carbonyl (C=O) groups is 3. The van der Waals surface area contributed by atoms with Gasteiger partial charge in [0.25, 0.3) is 7.44 Å². The zero-order valence-electron chi connectivity index (χ0n) is 22.4. The van der Waals surface area contributed by atoms with Gasteiger partial charge in [0, 0.05) is 0 Å². The summed E-state index contributed by atoms with van der Waals surface area (Å²) in [5, 5.41) is 5.88. The van der Waals surface area contributed by atoms with Crippen molar-refractivity contribution in [1.82, 2.24) is 15.2 Å². The highest BCUT2D eigenvalue weighted by atomic mass is 32.1. The van der Waals surface area contributed by atoms with E-state index in [2.05, 4.69) is 15.2 Å². The van der Waals surface area contributed by atoms with Gasteiger partial charge in [-0.3, -0.25) is 14.2 Å². The van der Waals surface area contributed by atoms with E-state index in [-0.39, 0.29) is 46.8 Å². The second kappa shape index (κ2) is 15.0. The summed E-state index contributed by atoms with van der Waals surface area (Å²) in [5.41, 5.74) is 5.90. The van der Waals surface area contributed by atoms with Crippen LogP contribution in [0.4, 0.5) is 5.13 Å². The van der Waals surface area contributed by atoms with Gasteiger partial charge in [-0.15, -0.1) is 0 Å². The Kier molecular flexibility index (Phi) is 12.4. The summed E-state index contributed by atoms with van der Waals surface area (Å²) < 4.78 is 35.9. The summed E-state index contributed by atoms with van der Waals surface area (Å²) in [7, 11) is -3.98. The molecule has 12 nitrogen and oxygen atoms in total. The molecule has 0 spiro atoms. The number of hydrogen-bond donors (Lipinski definition) is 3. The highest BCUT2D eigenvalue weighted by molar-refractivity contribution is 7.67. The first-order valence-corrected chi connectivity index (χ1v) is 15.2. The van der Waals surface area contributed by atoms with Crippen molar-refractivity contribution in [2.75, 3.05) is 25.6 Å². The Bertz CT molecular complexity index is 1100. The number of nitrogens with two attached hydrogens (primary N) is 1. The number of nitrogen functional groups attached to an aromatic ring is 1. The van der Waals surface area contributed by atoms with Gasteiger partial charge in [-0.05, 0) is 45.7 Å². The molecule has 2 heterocycles. The van der Waals surface area contributed by atoms with E-state index >= 15 is 0 Å². The molecule has 0 radical (unpaired) electrons. The van der Waals surface area contributed by atoms with Gasteiger partial charge in [0.2, 0.25) is 0 Å². The maximum atomic E-state index is 14.5. The first-order chi connectivity index (χ1) is 18.1. The molecule has 0 fully saturated rings. The number of ether oxygens (including phenoxy) is 3. The SMILES string of the molecule is CCC[C@H](NP(=O)(N[C@@H](CCC)C(=O)OCC)c1ccc(-c2nc(N)sc2C(=O)OCC)o1)C(=O)OCC. The maximum absolute atomic E-state index is 14.5. The minimum atomic E-state index is -3.98. The largest absolute Gasteiger partial charge is 0.465 e. The minimum absolute atomic E-state index is 0.0790. The van der Waals surface area contributed by atoms with Crippen LogP contribution in [-0.4, -0.2) is 54.8 Å². The average Bonchev–Trinajstić information content (AvgIpc) is 3.51. The molecular formula is C24H37N4O8PS. The van der Waals surface area contributed by atoms with Crippen molar-refractivity contribution in [2.24, 2.45) is 0 Å². The molecule has 4 N–H and O–H groups in total. The number of hydrogen-bond acceptors (Lipinski definition) is 11.